The van der Waals surface area contributed by atoms with E-state index in [1.165, 1.54) is 16.8 Å². The maximum absolute atomic E-state index is 5.77. The monoisotopic (exact) mass is 233 g/mol. The summed E-state index contributed by atoms with van der Waals surface area (Å²) in [6.45, 7) is 13.0. The van der Waals surface area contributed by atoms with Crippen molar-refractivity contribution in [1.82, 2.24) is 0 Å². The lowest BCUT2D eigenvalue weighted by Gasteiger charge is -2.17. The SMILES string of the molecule is Cc1cc(OC(C)C)cc(C)c1N1C(C)C1C. The predicted molar refractivity (Wildman–Crippen MR) is 73.1 cm³/mol. The Morgan fingerprint density at radius 3 is 1.88 bits per heavy atom. The summed E-state index contributed by atoms with van der Waals surface area (Å²) in [5, 5.41) is 0. The number of hydrogen-bond acceptors (Lipinski definition) is 2. The lowest BCUT2D eigenvalue weighted by molar-refractivity contribution is 0.242. The van der Waals surface area contributed by atoms with E-state index >= 15 is 0 Å². The summed E-state index contributed by atoms with van der Waals surface area (Å²) >= 11 is 0. The normalized spacial score (nSPS) is 23.1. The molecule has 1 aromatic rings. The molecular formula is C15H23NO. The lowest BCUT2D eigenvalue weighted by atomic mass is 10.1. The van der Waals surface area contributed by atoms with Crippen LogP contribution in [-0.4, -0.2) is 18.2 Å². The lowest BCUT2D eigenvalue weighted by Crippen LogP contribution is -2.07. The van der Waals surface area contributed by atoms with Gasteiger partial charge < -0.3 is 9.64 Å². The van der Waals surface area contributed by atoms with Crippen molar-refractivity contribution in [3.05, 3.63) is 23.3 Å². The van der Waals surface area contributed by atoms with Crippen molar-refractivity contribution < 1.29 is 4.74 Å². The Bertz CT molecular complexity index is 394. The molecule has 2 rings (SSSR count). The largest absolute Gasteiger partial charge is 0.491 e. The first kappa shape index (κ1) is 12.3. The minimum absolute atomic E-state index is 0.235. The third kappa shape index (κ3) is 2.26. The van der Waals surface area contributed by atoms with E-state index < -0.39 is 0 Å². The Kier molecular flexibility index (Phi) is 3.07. The first-order valence-electron chi connectivity index (χ1n) is 6.48. The van der Waals surface area contributed by atoms with E-state index in [1.54, 1.807) is 0 Å². The second-order valence-electron chi connectivity index (χ2n) is 5.46. The summed E-state index contributed by atoms with van der Waals surface area (Å²) in [7, 11) is 0. The molecule has 2 atom stereocenters. The van der Waals surface area contributed by atoms with Crippen molar-refractivity contribution in [3.8, 4) is 5.75 Å². The van der Waals surface area contributed by atoms with Crippen LogP contribution in [0.3, 0.4) is 0 Å². The van der Waals surface area contributed by atoms with Crippen molar-refractivity contribution in [1.29, 1.82) is 0 Å². The number of benzene rings is 1. The van der Waals surface area contributed by atoms with Gasteiger partial charge in [0.05, 0.1) is 6.10 Å². The molecule has 0 radical (unpaired) electrons. The van der Waals surface area contributed by atoms with Gasteiger partial charge in [-0.25, -0.2) is 0 Å². The average molecular weight is 233 g/mol. The summed E-state index contributed by atoms with van der Waals surface area (Å²) in [5.74, 6) is 0.987. The van der Waals surface area contributed by atoms with Gasteiger partial charge in [0.1, 0.15) is 5.75 Å². The maximum atomic E-state index is 5.77. The highest BCUT2D eigenvalue weighted by Gasteiger charge is 2.41. The average Bonchev–Trinajstić information content (AvgIpc) is 2.74. The Morgan fingerprint density at radius 2 is 1.53 bits per heavy atom. The third-order valence-electron chi connectivity index (χ3n) is 3.58. The zero-order valence-electron chi connectivity index (χ0n) is 11.7. The van der Waals surface area contributed by atoms with Crippen LogP contribution >= 0.6 is 0 Å². The second kappa shape index (κ2) is 4.25. The van der Waals surface area contributed by atoms with E-state index in [9.17, 15) is 0 Å². The molecule has 0 saturated carbocycles. The zero-order valence-corrected chi connectivity index (χ0v) is 11.7. The molecule has 94 valence electrons. The number of rotatable bonds is 3. The van der Waals surface area contributed by atoms with E-state index in [0.29, 0.717) is 12.1 Å². The summed E-state index contributed by atoms with van der Waals surface area (Å²) < 4.78 is 5.77. The van der Waals surface area contributed by atoms with Gasteiger partial charge in [0.2, 0.25) is 0 Å². The summed E-state index contributed by atoms with van der Waals surface area (Å²) in [5.41, 5.74) is 4.02. The molecule has 0 amide bonds. The van der Waals surface area contributed by atoms with Gasteiger partial charge in [-0.1, -0.05) is 0 Å². The van der Waals surface area contributed by atoms with E-state index in [4.69, 9.17) is 4.74 Å². The Hall–Kier alpha value is -1.18. The molecule has 1 heterocycles. The minimum atomic E-state index is 0.235. The third-order valence-corrected chi connectivity index (χ3v) is 3.58. The van der Waals surface area contributed by atoms with E-state index in [0.717, 1.165) is 5.75 Å². The van der Waals surface area contributed by atoms with Crippen molar-refractivity contribution in [2.75, 3.05) is 4.90 Å². The van der Waals surface area contributed by atoms with Gasteiger partial charge in [-0.2, -0.15) is 0 Å². The smallest absolute Gasteiger partial charge is 0.120 e. The van der Waals surface area contributed by atoms with Crippen LogP contribution < -0.4 is 9.64 Å². The topological polar surface area (TPSA) is 12.2 Å². The zero-order chi connectivity index (χ0) is 12.7. The molecule has 1 saturated heterocycles. The quantitative estimate of drug-likeness (QED) is 0.738. The number of anilines is 1. The Balaban J connectivity index is 2.30. The fourth-order valence-corrected chi connectivity index (χ4v) is 2.57. The molecule has 1 aliphatic heterocycles. The number of nitrogens with zero attached hydrogens (tertiary/aromatic N) is 1. The van der Waals surface area contributed by atoms with Gasteiger partial charge >= 0.3 is 0 Å². The maximum Gasteiger partial charge on any atom is 0.120 e. The second-order valence-corrected chi connectivity index (χ2v) is 5.46. The van der Waals surface area contributed by atoms with E-state index in [2.05, 4.69) is 58.6 Å². The van der Waals surface area contributed by atoms with Crippen molar-refractivity contribution in [2.45, 2.75) is 59.7 Å². The van der Waals surface area contributed by atoms with Gasteiger partial charge in [0, 0.05) is 17.8 Å². The highest BCUT2D eigenvalue weighted by Crippen LogP contribution is 2.40. The van der Waals surface area contributed by atoms with Crippen LogP contribution in [0.1, 0.15) is 38.8 Å². The summed E-state index contributed by atoms with van der Waals surface area (Å²) in [4.78, 5) is 2.48. The van der Waals surface area contributed by atoms with Crippen LogP contribution in [0.25, 0.3) is 0 Å². The van der Waals surface area contributed by atoms with Crippen molar-refractivity contribution in [2.24, 2.45) is 0 Å². The van der Waals surface area contributed by atoms with Gasteiger partial charge in [0.15, 0.2) is 0 Å². The van der Waals surface area contributed by atoms with Crippen LogP contribution in [0.2, 0.25) is 0 Å². The summed E-state index contributed by atoms with van der Waals surface area (Å²) in [6.07, 6.45) is 0.235. The molecule has 1 fully saturated rings. The van der Waals surface area contributed by atoms with E-state index in [1.807, 2.05) is 0 Å². The molecule has 1 aromatic carbocycles. The van der Waals surface area contributed by atoms with Crippen molar-refractivity contribution >= 4 is 5.69 Å². The molecule has 2 nitrogen and oxygen atoms in total. The fraction of sp³-hybridized carbons (Fsp3) is 0.600. The molecule has 0 aromatic heterocycles. The molecule has 0 N–H and O–H groups in total. The van der Waals surface area contributed by atoms with Crippen LogP contribution in [-0.2, 0) is 0 Å². The van der Waals surface area contributed by atoms with Gasteiger partial charge in [-0.3, -0.25) is 0 Å². The minimum Gasteiger partial charge on any atom is -0.491 e. The predicted octanol–water partition coefficient (Wildman–Crippen LogP) is 3.69. The first-order valence-corrected chi connectivity index (χ1v) is 6.48. The van der Waals surface area contributed by atoms with E-state index in [-0.39, 0.29) is 6.10 Å². The highest BCUT2D eigenvalue weighted by atomic mass is 16.5. The Labute approximate surface area is 105 Å². The molecule has 1 aliphatic rings. The van der Waals surface area contributed by atoms with Crippen LogP contribution in [0.4, 0.5) is 5.69 Å². The summed E-state index contributed by atoms with van der Waals surface area (Å²) in [6, 6.07) is 5.65. The van der Waals surface area contributed by atoms with Gasteiger partial charge in [0.25, 0.3) is 0 Å². The highest BCUT2D eigenvalue weighted by molar-refractivity contribution is 5.67. The first-order chi connectivity index (χ1) is 7.91. The number of aryl methyl sites for hydroxylation is 2. The van der Waals surface area contributed by atoms with Crippen LogP contribution in [0.15, 0.2) is 12.1 Å². The van der Waals surface area contributed by atoms with Crippen molar-refractivity contribution in [3.63, 3.8) is 0 Å². The molecule has 17 heavy (non-hydrogen) atoms. The number of ether oxygens (including phenoxy) is 1. The molecule has 0 bridgehead atoms. The molecule has 2 heteroatoms. The standard InChI is InChI=1S/C15H23NO/c1-9(2)17-14-7-10(3)15(11(4)8-14)16-12(5)13(16)6/h7-9,12-13H,1-6H3. The van der Waals surface area contributed by atoms with Gasteiger partial charge in [-0.05, 0) is 64.8 Å². The molecule has 0 aliphatic carbocycles. The van der Waals surface area contributed by atoms with Crippen LogP contribution in [0.5, 0.6) is 5.75 Å². The molecule has 0 spiro atoms. The van der Waals surface area contributed by atoms with Crippen LogP contribution in [0, 0.1) is 13.8 Å². The molecule has 2 unspecified atom stereocenters. The Morgan fingerprint density at radius 1 is 1.06 bits per heavy atom. The number of hydrogen-bond donors (Lipinski definition) is 0. The molecular weight excluding hydrogens is 210 g/mol. The van der Waals surface area contributed by atoms with Gasteiger partial charge in [-0.15, -0.1) is 0 Å². The fourth-order valence-electron chi connectivity index (χ4n) is 2.57.